The van der Waals surface area contributed by atoms with Gasteiger partial charge in [0.2, 0.25) is 0 Å². The summed E-state index contributed by atoms with van der Waals surface area (Å²) in [4.78, 5) is 23.3. The third kappa shape index (κ3) is 2.63. The second-order valence-corrected chi connectivity index (χ2v) is 5.05. The van der Waals surface area contributed by atoms with Crippen molar-refractivity contribution in [2.45, 2.75) is 38.9 Å². The fraction of sp³-hybridized carbons (Fsp3) is 0.846. The largest absolute Gasteiger partial charge is 0.376 e. The maximum Gasteiger partial charge on any atom is 0.141 e. The van der Waals surface area contributed by atoms with Gasteiger partial charge in [-0.1, -0.05) is 0 Å². The van der Waals surface area contributed by atoms with Gasteiger partial charge in [0, 0.05) is 6.42 Å². The highest BCUT2D eigenvalue weighted by atomic mass is 16.6. The van der Waals surface area contributed by atoms with Crippen LogP contribution >= 0.6 is 0 Å². The molecule has 2 heterocycles. The van der Waals surface area contributed by atoms with Crippen LogP contribution in [0.5, 0.6) is 0 Å². The predicted molar refractivity (Wildman–Crippen MR) is 63.3 cm³/mol. The van der Waals surface area contributed by atoms with E-state index in [-0.39, 0.29) is 23.8 Å². The van der Waals surface area contributed by atoms with E-state index in [2.05, 4.69) is 0 Å². The highest BCUT2D eigenvalue weighted by molar-refractivity contribution is 5.85. The van der Waals surface area contributed by atoms with Crippen molar-refractivity contribution in [1.82, 2.24) is 0 Å². The molecule has 0 radical (unpaired) electrons. The summed E-state index contributed by atoms with van der Waals surface area (Å²) < 4.78 is 16.5. The Morgan fingerprint density at radius 1 is 1.11 bits per heavy atom. The van der Waals surface area contributed by atoms with Crippen molar-refractivity contribution in [2.75, 3.05) is 26.4 Å². The van der Waals surface area contributed by atoms with E-state index in [1.807, 2.05) is 0 Å². The second kappa shape index (κ2) is 5.47. The number of hydrogen-bond donors (Lipinski definition) is 0. The van der Waals surface area contributed by atoms with Crippen LogP contribution in [0.4, 0.5) is 0 Å². The molecule has 0 spiro atoms. The van der Waals surface area contributed by atoms with Crippen molar-refractivity contribution in [2.24, 2.45) is 5.41 Å². The van der Waals surface area contributed by atoms with Crippen LogP contribution in [0.2, 0.25) is 0 Å². The van der Waals surface area contributed by atoms with E-state index in [4.69, 9.17) is 14.2 Å². The van der Waals surface area contributed by atoms with Gasteiger partial charge in [-0.05, 0) is 20.3 Å². The van der Waals surface area contributed by atoms with Crippen LogP contribution in [0.25, 0.3) is 0 Å². The normalized spacial score (nSPS) is 30.6. The van der Waals surface area contributed by atoms with Gasteiger partial charge in [0.15, 0.2) is 0 Å². The van der Waals surface area contributed by atoms with Crippen molar-refractivity contribution < 1.29 is 23.8 Å². The number of Topliss-reactive ketones (excluding diaryl/α,β-unsaturated/α-hetero) is 2. The Balaban J connectivity index is 2.18. The van der Waals surface area contributed by atoms with Crippen LogP contribution in [-0.4, -0.2) is 50.2 Å². The molecule has 0 bridgehead atoms. The molecule has 18 heavy (non-hydrogen) atoms. The molecular formula is C13H20O5. The summed E-state index contributed by atoms with van der Waals surface area (Å²) in [6.45, 7) is 5.11. The first-order chi connectivity index (χ1) is 8.57. The van der Waals surface area contributed by atoms with Gasteiger partial charge in [-0.3, -0.25) is 4.79 Å². The predicted octanol–water partition coefficient (Wildman–Crippen LogP) is 0.745. The highest BCUT2D eigenvalue weighted by Gasteiger charge is 2.56. The third-order valence-corrected chi connectivity index (χ3v) is 3.84. The molecule has 0 N–H and O–H groups in total. The first kappa shape index (κ1) is 13.6. The average Bonchev–Trinajstić information content (AvgIpc) is 3.15. The first-order valence-electron chi connectivity index (χ1n) is 6.39. The Labute approximate surface area is 107 Å². The van der Waals surface area contributed by atoms with Gasteiger partial charge in [0.1, 0.15) is 11.6 Å². The molecule has 0 aromatic heterocycles. The van der Waals surface area contributed by atoms with Gasteiger partial charge in [0.05, 0.1) is 44.1 Å². The molecule has 2 saturated heterocycles. The highest BCUT2D eigenvalue weighted by Crippen LogP contribution is 2.43. The number of rotatable bonds is 6. The Bertz CT molecular complexity index is 330. The molecule has 2 fully saturated rings. The summed E-state index contributed by atoms with van der Waals surface area (Å²) in [6, 6.07) is 0. The van der Waals surface area contributed by atoms with Gasteiger partial charge < -0.3 is 19.0 Å². The molecule has 102 valence electrons. The number of carbonyl (C=O) groups is 2. The van der Waals surface area contributed by atoms with E-state index >= 15 is 0 Å². The summed E-state index contributed by atoms with van der Waals surface area (Å²) in [5.74, 6) is 0.111. The van der Waals surface area contributed by atoms with Crippen molar-refractivity contribution in [1.29, 1.82) is 0 Å². The molecule has 0 aliphatic carbocycles. The van der Waals surface area contributed by atoms with Crippen LogP contribution in [0, 0.1) is 5.41 Å². The summed E-state index contributed by atoms with van der Waals surface area (Å²) >= 11 is 0. The van der Waals surface area contributed by atoms with E-state index in [1.165, 1.54) is 6.92 Å². The van der Waals surface area contributed by atoms with Crippen molar-refractivity contribution in [3.05, 3.63) is 0 Å². The molecule has 3 atom stereocenters. The van der Waals surface area contributed by atoms with Crippen LogP contribution in [0.3, 0.4) is 0 Å². The molecular weight excluding hydrogens is 236 g/mol. The standard InChI is InChI=1S/C13H20O5/c1-9(14)3-4-13(10(2)15,12-8-18-12)11-7-16-5-6-17-11/h11-12H,3-8H2,1-2H3. The molecule has 3 unspecified atom stereocenters. The maximum absolute atomic E-state index is 12.1. The summed E-state index contributed by atoms with van der Waals surface area (Å²) in [7, 11) is 0. The van der Waals surface area contributed by atoms with Crippen LogP contribution in [0.15, 0.2) is 0 Å². The zero-order valence-corrected chi connectivity index (χ0v) is 10.9. The number of ether oxygens (including phenoxy) is 3. The van der Waals surface area contributed by atoms with E-state index in [1.54, 1.807) is 6.92 Å². The van der Waals surface area contributed by atoms with Gasteiger partial charge in [-0.25, -0.2) is 0 Å². The summed E-state index contributed by atoms with van der Waals surface area (Å²) in [5, 5.41) is 0. The zero-order valence-electron chi connectivity index (χ0n) is 10.9. The van der Waals surface area contributed by atoms with Gasteiger partial charge >= 0.3 is 0 Å². The molecule has 2 aliphatic rings. The zero-order chi connectivity index (χ0) is 13.2. The molecule has 2 rings (SSSR count). The number of epoxide rings is 1. The van der Waals surface area contributed by atoms with Crippen LogP contribution in [0.1, 0.15) is 26.7 Å². The van der Waals surface area contributed by atoms with Gasteiger partial charge in [-0.2, -0.15) is 0 Å². The topological polar surface area (TPSA) is 65.1 Å². The van der Waals surface area contributed by atoms with Gasteiger partial charge in [0.25, 0.3) is 0 Å². The molecule has 0 aromatic rings. The Hall–Kier alpha value is -0.780. The van der Waals surface area contributed by atoms with Crippen molar-refractivity contribution >= 4 is 11.6 Å². The van der Waals surface area contributed by atoms with E-state index in [0.717, 1.165) is 0 Å². The average molecular weight is 256 g/mol. The number of hydrogen-bond acceptors (Lipinski definition) is 5. The minimum atomic E-state index is -0.716. The summed E-state index contributed by atoms with van der Waals surface area (Å²) in [6.07, 6.45) is 0.437. The molecule has 0 amide bonds. The monoisotopic (exact) mass is 256 g/mol. The van der Waals surface area contributed by atoms with E-state index < -0.39 is 5.41 Å². The Kier molecular flexibility index (Phi) is 4.14. The lowest BCUT2D eigenvalue weighted by Gasteiger charge is -2.39. The van der Waals surface area contributed by atoms with E-state index in [9.17, 15) is 9.59 Å². The Morgan fingerprint density at radius 3 is 2.22 bits per heavy atom. The van der Waals surface area contributed by atoms with Crippen molar-refractivity contribution in [3.63, 3.8) is 0 Å². The van der Waals surface area contributed by atoms with Crippen LogP contribution in [-0.2, 0) is 23.8 Å². The smallest absolute Gasteiger partial charge is 0.141 e. The lowest BCUT2D eigenvalue weighted by molar-refractivity contribution is -0.165. The summed E-state index contributed by atoms with van der Waals surface area (Å²) in [5.41, 5.74) is -0.716. The quantitative estimate of drug-likeness (QED) is 0.656. The lowest BCUT2D eigenvalue weighted by Crippen LogP contribution is -2.52. The first-order valence-corrected chi connectivity index (χ1v) is 6.39. The van der Waals surface area contributed by atoms with Crippen LogP contribution < -0.4 is 0 Å². The Morgan fingerprint density at radius 2 is 1.78 bits per heavy atom. The minimum Gasteiger partial charge on any atom is -0.376 e. The molecule has 0 aromatic carbocycles. The SMILES string of the molecule is CC(=O)CCC(C(C)=O)(C1COCCO1)C1CO1. The molecule has 5 nitrogen and oxygen atoms in total. The van der Waals surface area contributed by atoms with Crippen molar-refractivity contribution in [3.8, 4) is 0 Å². The fourth-order valence-corrected chi connectivity index (χ4v) is 2.67. The number of ketones is 2. The molecule has 5 heteroatoms. The van der Waals surface area contributed by atoms with Gasteiger partial charge in [-0.15, -0.1) is 0 Å². The number of carbonyl (C=O) groups excluding carboxylic acids is 2. The third-order valence-electron chi connectivity index (χ3n) is 3.84. The molecule has 0 saturated carbocycles. The molecule has 2 aliphatic heterocycles. The fourth-order valence-electron chi connectivity index (χ4n) is 2.67. The minimum absolute atomic E-state index is 0.0294. The van der Waals surface area contributed by atoms with E-state index in [0.29, 0.717) is 39.3 Å². The lowest BCUT2D eigenvalue weighted by atomic mass is 9.71. The maximum atomic E-state index is 12.1. The second-order valence-electron chi connectivity index (χ2n) is 5.05.